The highest BCUT2D eigenvalue weighted by Gasteiger charge is 2.31. The van der Waals surface area contributed by atoms with Crippen molar-refractivity contribution in [3.63, 3.8) is 0 Å². The predicted molar refractivity (Wildman–Crippen MR) is 156 cm³/mol. The molecule has 0 aromatic heterocycles. The highest BCUT2D eigenvalue weighted by Crippen LogP contribution is 2.46. The number of rotatable bonds is 3. The van der Waals surface area contributed by atoms with Crippen LogP contribution >= 0.6 is 0 Å². The van der Waals surface area contributed by atoms with Gasteiger partial charge in [0, 0.05) is 23.1 Å². The largest absolute Gasteiger partial charge is 0.507 e. The van der Waals surface area contributed by atoms with Gasteiger partial charge in [-0.1, -0.05) is 121 Å². The molecular formula is C33H50O4. The zero-order valence-electron chi connectivity index (χ0n) is 25.4. The lowest BCUT2D eigenvalue weighted by molar-refractivity contribution is -0.131. The van der Waals surface area contributed by atoms with Gasteiger partial charge in [-0.15, -0.1) is 0 Å². The number of hydrogen-bond donors (Lipinski definition) is 3. The van der Waals surface area contributed by atoms with Gasteiger partial charge >= 0.3 is 5.97 Å². The van der Waals surface area contributed by atoms with Crippen LogP contribution in [0.25, 0.3) is 0 Å². The zero-order chi connectivity index (χ0) is 29.3. The van der Waals surface area contributed by atoms with E-state index in [2.05, 4.69) is 121 Å². The van der Waals surface area contributed by atoms with Crippen LogP contribution in [0, 0.1) is 0 Å². The molecule has 0 unspecified atom stereocenters. The first-order valence-corrected chi connectivity index (χ1v) is 13.0. The molecule has 206 valence electrons. The first kappa shape index (κ1) is 32.3. The van der Waals surface area contributed by atoms with Crippen molar-refractivity contribution in [1.29, 1.82) is 0 Å². The fourth-order valence-electron chi connectivity index (χ4n) is 4.15. The summed E-state index contributed by atoms with van der Waals surface area (Å²) in [6, 6.07) is 8.57. The van der Waals surface area contributed by atoms with E-state index >= 15 is 0 Å². The summed E-state index contributed by atoms with van der Waals surface area (Å²) in [6.07, 6.45) is 0.833. The van der Waals surface area contributed by atoms with Crippen LogP contribution in [-0.2, 0) is 26.5 Å². The van der Waals surface area contributed by atoms with Crippen molar-refractivity contribution >= 4 is 5.97 Å². The molecule has 0 atom stereocenters. The van der Waals surface area contributed by atoms with Gasteiger partial charge in [-0.05, 0) is 43.9 Å². The van der Waals surface area contributed by atoms with Gasteiger partial charge in [0.05, 0.1) is 0 Å². The first-order chi connectivity index (χ1) is 16.4. The molecule has 4 heteroatoms. The van der Waals surface area contributed by atoms with Crippen molar-refractivity contribution in [2.45, 2.75) is 118 Å². The number of phenolic OH excluding ortho intramolecular Hbond substituents is 2. The van der Waals surface area contributed by atoms with Gasteiger partial charge in [-0.3, -0.25) is 0 Å². The van der Waals surface area contributed by atoms with Crippen molar-refractivity contribution in [3.8, 4) is 11.5 Å². The molecule has 0 fully saturated rings. The lowest BCUT2D eigenvalue weighted by Crippen LogP contribution is -2.19. The number of carboxylic acids is 1. The lowest BCUT2D eigenvalue weighted by Gasteiger charge is -2.31. The van der Waals surface area contributed by atoms with Crippen LogP contribution < -0.4 is 0 Å². The van der Waals surface area contributed by atoms with Gasteiger partial charge in [0.15, 0.2) is 0 Å². The Balaban J connectivity index is 0.00000124. The van der Waals surface area contributed by atoms with E-state index in [9.17, 15) is 15.0 Å². The molecule has 0 heterocycles. The fraction of sp³-hybridized carbons (Fsp3) is 0.545. The fourth-order valence-corrected chi connectivity index (χ4v) is 4.15. The minimum absolute atomic E-state index is 0.0476. The van der Waals surface area contributed by atoms with Gasteiger partial charge in [-0.2, -0.15) is 0 Å². The Hall–Kier alpha value is -2.75. The third kappa shape index (κ3) is 8.12. The maximum atomic E-state index is 11.4. The van der Waals surface area contributed by atoms with Crippen molar-refractivity contribution in [3.05, 3.63) is 70.3 Å². The Morgan fingerprint density at radius 2 is 0.946 bits per heavy atom. The maximum Gasteiger partial charge on any atom is 0.327 e. The summed E-state index contributed by atoms with van der Waals surface area (Å²) in [7, 11) is 0. The zero-order valence-corrected chi connectivity index (χ0v) is 25.4. The van der Waals surface area contributed by atoms with Gasteiger partial charge in [0.1, 0.15) is 11.5 Å². The summed E-state index contributed by atoms with van der Waals surface area (Å²) < 4.78 is 0. The van der Waals surface area contributed by atoms with Gasteiger partial charge in [0.2, 0.25) is 0 Å². The van der Waals surface area contributed by atoms with Crippen LogP contribution in [-0.4, -0.2) is 21.3 Å². The molecule has 0 aliphatic rings. The van der Waals surface area contributed by atoms with Crippen molar-refractivity contribution in [2.75, 3.05) is 0 Å². The maximum absolute atomic E-state index is 11.4. The molecule has 0 aliphatic carbocycles. The minimum atomic E-state index is -0.981. The van der Waals surface area contributed by atoms with E-state index in [0.29, 0.717) is 11.5 Å². The smallest absolute Gasteiger partial charge is 0.327 e. The number of benzene rings is 2. The number of carboxylic acid groups (broad SMARTS) is 1. The average Bonchev–Trinajstić information content (AvgIpc) is 2.70. The van der Waals surface area contributed by atoms with Crippen LogP contribution in [0.15, 0.2) is 36.9 Å². The van der Waals surface area contributed by atoms with Gasteiger partial charge in [0.25, 0.3) is 0 Å². The molecule has 0 aliphatic heterocycles. The summed E-state index contributed by atoms with van der Waals surface area (Å²) >= 11 is 0. The molecule has 2 aromatic rings. The second-order valence-corrected chi connectivity index (χ2v) is 14.2. The summed E-state index contributed by atoms with van der Waals surface area (Å²) in [6.45, 7) is 31.1. The van der Waals surface area contributed by atoms with Crippen molar-refractivity contribution in [1.82, 2.24) is 0 Å². The van der Waals surface area contributed by atoms with E-state index in [0.717, 1.165) is 28.3 Å². The van der Waals surface area contributed by atoms with E-state index in [-0.39, 0.29) is 27.6 Å². The molecule has 3 N–H and O–H groups in total. The molecule has 0 radical (unpaired) electrons. The Morgan fingerprint density at radius 3 is 1.14 bits per heavy atom. The molecule has 0 bridgehead atoms. The van der Waals surface area contributed by atoms with Crippen LogP contribution in [0.2, 0.25) is 0 Å². The monoisotopic (exact) mass is 510 g/mol. The number of hydrogen-bond acceptors (Lipinski definition) is 3. The highest BCUT2D eigenvalue weighted by molar-refractivity contribution is 5.78. The van der Waals surface area contributed by atoms with Crippen LogP contribution in [0.4, 0.5) is 0 Å². The number of aliphatic carboxylic acids is 1. The number of phenols is 2. The molecular weight excluding hydrogens is 460 g/mol. The minimum Gasteiger partial charge on any atom is -0.507 e. The molecule has 2 rings (SSSR count). The summed E-state index contributed by atoms with van der Waals surface area (Å²) in [5.41, 5.74) is 5.59. The van der Waals surface area contributed by atoms with Crippen LogP contribution in [0.5, 0.6) is 11.5 Å². The molecule has 37 heavy (non-hydrogen) atoms. The first-order valence-electron chi connectivity index (χ1n) is 13.0. The second-order valence-electron chi connectivity index (χ2n) is 14.2. The van der Waals surface area contributed by atoms with E-state index in [1.54, 1.807) is 0 Å². The summed E-state index contributed by atoms with van der Waals surface area (Å²) in [5.74, 6) is -0.446. The molecule has 0 spiro atoms. The van der Waals surface area contributed by atoms with Gasteiger partial charge < -0.3 is 15.3 Å². The Kier molecular flexibility index (Phi) is 9.54. The average molecular weight is 511 g/mol. The summed E-state index contributed by atoms with van der Waals surface area (Å²) in [5, 5.41) is 30.4. The van der Waals surface area contributed by atoms with E-state index in [1.165, 1.54) is 11.1 Å². The third-order valence-corrected chi connectivity index (χ3v) is 6.73. The van der Waals surface area contributed by atoms with E-state index < -0.39 is 5.97 Å². The Morgan fingerprint density at radius 1 is 0.676 bits per heavy atom. The Bertz CT molecular complexity index is 1050. The van der Waals surface area contributed by atoms with E-state index in [4.69, 9.17) is 5.11 Å². The molecule has 4 nitrogen and oxygen atoms in total. The van der Waals surface area contributed by atoms with Gasteiger partial charge in [-0.25, -0.2) is 4.79 Å². The SMILES string of the molecule is C=CC(=O)O.CC(c1cc(C(C)(C)C)cc(C(C)(C)C)c1O)c1cc(C(C)(C)C)cc(C(C)(C)C)c1O. The Labute approximate surface area is 225 Å². The van der Waals surface area contributed by atoms with Crippen molar-refractivity contribution < 1.29 is 20.1 Å². The lowest BCUT2D eigenvalue weighted by atomic mass is 9.74. The van der Waals surface area contributed by atoms with Crippen LogP contribution in [0.1, 0.15) is 129 Å². The summed E-state index contributed by atoms with van der Waals surface area (Å²) in [4.78, 5) is 9.25. The van der Waals surface area contributed by atoms with Crippen molar-refractivity contribution in [2.24, 2.45) is 0 Å². The number of carbonyl (C=O) groups is 1. The molecule has 0 amide bonds. The third-order valence-electron chi connectivity index (χ3n) is 6.73. The molecule has 0 saturated carbocycles. The number of aromatic hydroxyl groups is 2. The second kappa shape index (κ2) is 10.9. The molecule has 0 saturated heterocycles. The standard InChI is InChI=1S/C30H46O2.C3H4O2/c1-18(21-14-19(27(2,3)4)16-23(25(21)31)29(8,9)10)22-15-20(28(5,6)7)17-24(26(22)32)30(11,12)13;1-2-3(4)5/h14-18,31-32H,1-13H3;2H,1H2,(H,4,5). The topological polar surface area (TPSA) is 77.8 Å². The normalized spacial score (nSPS) is 12.7. The highest BCUT2D eigenvalue weighted by atomic mass is 16.4. The van der Waals surface area contributed by atoms with Crippen LogP contribution in [0.3, 0.4) is 0 Å². The predicted octanol–water partition coefficient (Wildman–Crippen LogP) is 8.70. The molecule has 2 aromatic carbocycles. The van der Waals surface area contributed by atoms with E-state index in [1.807, 2.05) is 0 Å². The quantitative estimate of drug-likeness (QED) is 0.361.